The van der Waals surface area contributed by atoms with Crippen molar-refractivity contribution in [1.29, 1.82) is 5.26 Å². The highest BCUT2D eigenvalue weighted by Crippen LogP contribution is 2.32. The molecule has 14 heavy (non-hydrogen) atoms. The second kappa shape index (κ2) is 2.36. The van der Waals surface area contributed by atoms with E-state index in [2.05, 4.69) is 15.0 Å². The van der Waals surface area contributed by atoms with Gasteiger partial charge in [0.05, 0.1) is 11.9 Å². The third kappa shape index (κ3) is 0.735. The molecule has 2 aromatic heterocycles. The predicted molar refractivity (Wildman–Crippen MR) is 51.3 cm³/mol. The zero-order chi connectivity index (χ0) is 9.54. The van der Waals surface area contributed by atoms with Gasteiger partial charge in [-0.1, -0.05) is 0 Å². The number of hydrogen-bond donors (Lipinski definition) is 0. The average molecular weight is 180 g/mol. The van der Waals surface area contributed by atoms with Gasteiger partial charge >= 0.3 is 0 Å². The van der Waals surface area contributed by atoms with Crippen LogP contribution in [0.15, 0.2) is 29.6 Å². The molecule has 4 nitrogen and oxygen atoms in total. The summed E-state index contributed by atoms with van der Waals surface area (Å²) in [7, 11) is 0. The molecule has 0 N–H and O–H groups in total. The maximum atomic E-state index is 8.85. The molecule has 0 spiro atoms. The zero-order valence-electron chi connectivity index (χ0n) is 7.10. The number of nitrogens with zero attached hydrogens (tertiary/aromatic N) is 4. The van der Waals surface area contributed by atoms with Crippen LogP contribution in [0.5, 0.6) is 0 Å². The van der Waals surface area contributed by atoms with Crippen molar-refractivity contribution in [2.75, 3.05) is 0 Å². The van der Waals surface area contributed by atoms with Crippen LogP contribution in [0.2, 0.25) is 0 Å². The van der Waals surface area contributed by atoms with E-state index < -0.39 is 0 Å². The summed E-state index contributed by atoms with van der Waals surface area (Å²) in [6.45, 7) is 0. The van der Waals surface area contributed by atoms with E-state index in [4.69, 9.17) is 5.26 Å². The van der Waals surface area contributed by atoms with E-state index in [1.807, 2.05) is 12.1 Å². The van der Waals surface area contributed by atoms with E-state index in [-0.39, 0.29) is 0 Å². The lowest BCUT2D eigenvalue weighted by molar-refractivity contribution is 1.32. The lowest BCUT2D eigenvalue weighted by Crippen LogP contribution is -1.95. The molecule has 1 aliphatic rings. The molecule has 3 heterocycles. The molecule has 0 atom stereocenters. The van der Waals surface area contributed by atoms with Gasteiger partial charge in [0.25, 0.3) is 0 Å². The monoisotopic (exact) mass is 180 g/mol. The minimum Gasteiger partial charge on any atom is -0.262 e. The van der Waals surface area contributed by atoms with Gasteiger partial charge in [0.1, 0.15) is 11.8 Å². The number of aromatic nitrogens is 2. The third-order valence-corrected chi connectivity index (χ3v) is 2.21. The first kappa shape index (κ1) is 7.15. The number of nitriles is 1. The summed E-state index contributed by atoms with van der Waals surface area (Å²) >= 11 is 0. The van der Waals surface area contributed by atoms with Crippen molar-refractivity contribution >= 4 is 22.2 Å². The summed E-state index contributed by atoms with van der Waals surface area (Å²) in [5, 5.41) is 10.8. The van der Waals surface area contributed by atoms with Crippen LogP contribution >= 0.6 is 0 Å². The Kier molecular flexibility index (Phi) is 1.21. The first-order valence-electron chi connectivity index (χ1n) is 4.12. The number of pyridine rings is 2. The Labute approximate surface area is 79.6 Å². The van der Waals surface area contributed by atoms with E-state index in [0.717, 1.165) is 16.5 Å². The fourth-order valence-corrected chi connectivity index (χ4v) is 1.62. The molecule has 0 fully saturated rings. The van der Waals surface area contributed by atoms with Crippen LogP contribution in [-0.2, 0) is 0 Å². The summed E-state index contributed by atoms with van der Waals surface area (Å²) < 4.78 is 0. The maximum Gasteiger partial charge on any atom is 0.167 e. The smallest absolute Gasteiger partial charge is 0.167 e. The molecule has 3 rings (SSSR count). The first-order chi connectivity index (χ1) is 6.90. The molecule has 0 unspecified atom stereocenters. The second-order valence-corrected chi connectivity index (χ2v) is 2.99. The fourth-order valence-electron chi connectivity index (χ4n) is 1.62. The number of hydrogen-bond acceptors (Lipinski definition) is 4. The summed E-state index contributed by atoms with van der Waals surface area (Å²) in [5.74, 6) is 0. The van der Waals surface area contributed by atoms with E-state index >= 15 is 0 Å². The Bertz CT molecular complexity index is 602. The number of aliphatic imine (C=N–C) groups is 1. The van der Waals surface area contributed by atoms with E-state index in [9.17, 15) is 0 Å². The van der Waals surface area contributed by atoms with Crippen molar-refractivity contribution in [3.8, 4) is 6.07 Å². The Morgan fingerprint density at radius 2 is 2.21 bits per heavy atom. The van der Waals surface area contributed by atoms with Gasteiger partial charge in [-0.25, -0.2) is 4.99 Å². The van der Waals surface area contributed by atoms with Crippen molar-refractivity contribution in [1.82, 2.24) is 9.97 Å². The molecule has 2 aromatic rings. The molecule has 0 aliphatic carbocycles. The van der Waals surface area contributed by atoms with Gasteiger partial charge in [0, 0.05) is 23.2 Å². The van der Waals surface area contributed by atoms with E-state index in [0.29, 0.717) is 11.4 Å². The Morgan fingerprint density at radius 3 is 3.07 bits per heavy atom. The van der Waals surface area contributed by atoms with Crippen LogP contribution in [0.1, 0.15) is 5.69 Å². The first-order valence-corrected chi connectivity index (χ1v) is 4.12. The summed E-state index contributed by atoms with van der Waals surface area (Å²) in [6.07, 6.45) is 5.07. The highest BCUT2D eigenvalue weighted by molar-refractivity contribution is 6.24. The van der Waals surface area contributed by atoms with Crippen molar-refractivity contribution in [2.24, 2.45) is 4.99 Å². The highest BCUT2D eigenvalue weighted by Gasteiger charge is 2.19. The van der Waals surface area contributed by atoms with Gasteiger partial charge in [0.15, 0.2) is 5.71 Å². The van der Waals surface area contributed by atoms with Gasteiger partial charge in [-0.2, -0.15) is 5.26 Å². The zero-order valence-corrected chi connectivity index (χ0v) is 7.10. The van der Waals surface area contributed by atoms with Crippen LogP contribution < -0.4 is 0 Å². The molecule has 1 aliphatic heterocycles. The molecule has 0 amide bonds. The Balaban J connectivity index is 2.54. The maximum absolute atomic E-state index is 8.85. The van der Waals surface area contributed by atoms with Crippen LogP contribution in [0, 0.1) is 11.3 Å². The molecule has 0 saturated carbocycles. The second-order valence-electron chi connectivity index (χ2n) is 2.99. The molecule has 0 radical (unpaired) electrons. The molecule has 0 aromatic carbocycles. The Morgan fingerprint density at radius 1 is 1.29 bits per heavy atom. The average Bonchev–Trinajstić information content (AvgIpc) is 2.60. The minimum absolute atomic E-state index is 0.374. The molecule has 64 valence electrons. The summed E-state index contributed by atoms with van der Waals surface area (Å²) in [6, 6.07) is 3.90. The van der Waals surface area contributed by atoms with Crippen molar-refractivity contribution in [3.63, 3.8) is 0 Å². The van der Waals surface area contributed by atoms with Gasteiger partial charge in [-0.3, -0.25) is 9.97 Å². The van der Waals surface area contributed by atoms with Crippen molar-refractivity contribution < 1.29 is 0 Å². The topological polar surface area (TPSA) is 61.9 Å². The SMILES string of the molecule is N#CC1=Nc2cncc3ccnc1c23. The predicted octanol–water partition coefficient (Wildman–Crippen LogP) is 1.59. The standard InChI is InChI=1S/C10H4N4/c11-3-7-10-9-6(1-2-13-10)4-12-5-8(9)14-7/h1-2,4-5H. The lowest BCUT2D eigenvalue weighted by Gasteiger charge is -1.97. The molecule has 4 heteroatoms. The van der Waals surface area contributed by atoms with Gasteiger partial charge in [-0.05, 0) is 6.07 Å². The molecule has 0 saturated heterocycles. The Hall–Kier alpha value is -2.28. The van der Waals surface area contributed by atoms with Crippen LogP contribution in [-0.4, -0.2) is 15.7 Å². The minimum atomic E-state index is 0.374. The number of rotatable bonds is 0. The molecular weight excluding hydrogens is 176 g/mol. The molecule has 0 bridgehead atoms. The normalized spacial score (nSPS) is 12.6. The van der Waals surface area contributed by atoms with Gasteiger partial charge in [0.2, 0.25) is 0 Å². The highest BCUT2D eigenvalue weighted by atomic mass is 14.9. The van der Waals surface area contributed by atoms with Gasteiger partial charge < -0.3 is 0 Å². The largest absolute Gasteiger partial charge is 0.262 e. The fraction of sp³-hybridized carbons (Fsp3) is 0. The van der Waals surface area contributed by atoms with E-state index in [1.54, 1.807) is 18.6 Å². The van der Waals surface area contributed by atoms with Crippen LogP contribution in [0.3, 0.4) is 0 Å². The quantitative estimate of drug-likeness (QED) is 0.618. The lowest BCUT2D eigenvalue weighted by atomic mass is 10.1. The molecular formula is C10H4N4. The third-order valence-electron chi connectivity index (χ3n) is 2.21. The van der Waals surface area contributed by atoms with Gasteiger partial charge in [-0.15, -0.1) is 0 Å². The summed E-state index contributed by atoms with van der Waals surface area (Å²) in [4.78, 5) is 12.3. The van der Waals surface area contributed by atoms with E-state index in [1.165, 1.54) is 0 Å². The van der Waals surface area contributed by atoms with Crippen LogP contribution in [0.25, 0.3) is 10.8 Å². The van der Waals surface area contributed by atoms with Crippen molar-refractivity contribution in [3.05, 3.63) is 30.4 Å². The summed E-state index contributed by atoms with van der Waals surface area (Å²) in [5.41, 5.74) is 1.78. The van der Waals surface area contributed by atoms with Crippen molar-refractivity contribution in [2.45, 2.75) is 0 Å². The van der Waals surface area contributed by atoms with Crippen LogP contribution in [0.4, 0.5) is 5.69 Å².